The molecule has 0 bridgehead atoms. The van der Waals surface area contributed by atoms with Crippen LogP contribution in [0.3, 0.4) is 0 Å². The molecule has 3 nitrogen and oxygen atoms in total. The first kappa shape index (κ1) is 16.3. The number of methoxy groups -OCH3 is 1. The van der Waals surface area contributed by atoms with E-state index in [-0.39, 0.29) is 5.56 Å². The standard InChI is InChI=1S/C16H21BrFNO2/c1-19(10-11-6-4-3-5-7-11)14-9-12(17)8-13(18)15(14)16(20)21-2/h8-9,11H,3-7,10H2,1-2H3. The number of esters is 1. The molecule has 1 aliphatic rings. The van der Waals surface area contributed by atoms with Crippen LogP contribution in [0.25, 0.3) is 0 Å². The number of carbonyl (C=O) groups excluding carboxylic acids is 1. The van der Waals surface area contributed by atoms with Gasteiger partial charge in [0.2, 0.25) is 0 Å². The van der Waals surface area contributed by atoms with Gasteiger partial charge < -0.3 is 9.64 Å². The number of ether oxygens (including phenoxy) is 1. The fourth-order valence-corrected chi connectivity index (χ4v) is 3.44. The van der Waals surface area contributed by atoms with Crippen LogP contribution in [0.2, 0.25) is 0 Å². The number of benzene rings is 1. The lowest BCUT2D eigenvalue weighted by atomic mass is 9.89. The van der Waals surface area contributed by atoms with Gasteiger partial charge in [0.15, 0.2) is 0 Å². The molecule has 1 aromatic carbocycles. The van der Waals surface area contributed by atoms with Crippen LogP contribution in [0.1, 0.15) is 42.5 Å². The monoisotopic (exact) mass is 357 g/mol. The van der Waals surface area contributed by atoms with Crippen LogP contribution < -0.4 is 4.90 Å². The predicted octanol–water partition coefficient (Wildman–Crippen LogP) is 4.39. The molecule has 116 valence electrons. The molecule has 0 saturated heterocycles. The zero-order chi connectivity index (χ0) is 15.4. The zero-order valence-corrected chi connectivity index (χ0v) is 14.1. The summed E-state index contributed by atoms with van der Waals surface area (Å²) in [7, 11) is 3.18. The minimum Gasteiger partial charge on any atom is -0.465 e. The van der Waals surface area contributed by atoms with Crippen molar-refractivity contribution < 1.29 is 13.9 Å². The minimum atomic E-state index is -0.634. The average molecular weight is 358 g/mol. The molecule has 1 fully saturated rings. The maximum Gasteiger partial charge on any atom is 0.342 e. The third kappa shape index (κ3) is 3.96. The van der Waals surface area contributed by atoms with Gasteiger partial charge in [0.25, 0.3) is 0 Å². The first-order valence-electron chi connectivity index (χ1n) is 7.31. The number of hydrogen-bond donors (Lipinski definition) is 0. The summed E-state index contributed by atoms with van der Waals surface area (Å²) in [6, 6.07) is 3.07. The second-order valence-corrected chi connectivity index (χ2v) is 6.57. The molecule has 1 saturated carbocycles. The highest BCUT2D eigenvalue weighted by Crippen LogP contribution is 2.31. The smallest absolute Gasteiger partial charge is 0.342 e. The fourth-order valence-electron chi connectivity index (χ4n) is 3.02. The molecule has 0 aliphatic heterocycles. The van der Waals surface area contributed by atoms with Crippen molar-refractivity contribution >= 4 is 27.6 Å². The topological polar surface area (TPSA) is 29.5 Å². The van der Waals surface area contributed by atoms with E-state index < -0.39 is 11.8 Å². The fraction of sp³-hybridized carbons (Fsp3) is 0.562. The maximum atomic E-state index is 14.1. The Bertz CT molecular complexity index is 515. The number of rotatable bonds is 4. The van der Waals surface area contributed by atoms with Gasteiger partial charge in [-0.15, -0.1) is 0 Å². The van der Waals surface area contributed by atoms with E-state index in [0.717, 1.165) is 6.54 Å². The van der Waals surface area contributed by atoms with E-state index in [0.29, 0.717) is 16.1 Å². The van der Waals surface area contributed by atoms with E-state index in [9.17, 15) is 9.18 Å². The highest BCUT2D eigenvalue weighted by Gasteiger charge is 2.23. The molecule has 0 atom stereocenters. The van der Waals surface area contributed by atoms with Gasteiger partial charge in [0, 0.05) is 18.1 Å². The van der Waals surface area contributed by atoms with Crippen molar-refractivity contribution in [3.8, 4) is 0 Å². The van der Waals surface area contributed by atoms with Crippen LogP contribution >= 0.6 is 15.9 Å². The Morgan fingerprint density at radius 1 is 1.38 bits per heavy atom. The van der Waals surface area contributed by atoms with Crippen molar-refractivity contribution in [3.05, 3.63) is 28.0 Å². The number of nitrogens with zero attached hydrogens (tertiary/aromatic N) is 1. The van der Waals surface area contributed by atoms with Crippen molar-refractivity contribution in [2.24, 2.45) is 5.92 Å². The van der Waals surface area contributed by atoms with Crippen LogP contribution in [-0.2, 0) is 4.74 Å². The summed E-state index contributed by atoms with van der Waals surface area (Å²) in [4.78, 5) is 13.8. The van der Waals surface area contributed by atoms with E-state index in [1.807, 2.05) is 11.9 Å². The van der Waals surface area contributed by atoms with Gasteiger partial charge in [0.05, 0.1) is 12.8 Å². The molecule has 0 amide bonds. The van der Waals surface area contributed by atoms with Crippen molar-refractivity contribution in [2.75, 3.05) is 25.6 Å². The number of halogens is 2. The second-order valence-electron chi connectivity index (χ2n) is 5.66. The van der Waals surface area contributed by atoms with Crippen LogP contribution in [0, 0.1) is 11.7 Å². The number of carbonyl (C=O) groups is 1. The lowest BCUT2D eigenvalue weighted by Crippen LogP contribution is -2.28. The van der Waals surface area contributed by atoms with Gasteiger partial charge in [-0.2, -0.15) is 0 Å². The van der Waals surface area contributed by atoms with E-state index >= 15 is 0 Å². The molecule has 0 N–H and O–H groups in total. The molecule has 0 radical (unpaired) electrons. The quantitative estimate of drug-likeness (QED) is 0.748. The summed E-state index contributed by atoms with van der Waals surface area (Å²) in [5, 5.41) is 0. The first-order chi connectivity index (χ1) is 10.0. The molecule has 0 heterocycles. The molecule has 1 aromatic rings. The second kappa shape index (κ2) is 7.25. The lowest BCUT2D eigenvalue weighted by molar-refractivity contribution is 0.0596. The Hall–Kier alpha value is -1.10. The summed E-state index contributed by atoms with van der Waals surface area (Å²) in [5.74, 6) is -0.580. The molecular formula is C16H21BrFNO2. The van der Waals surface area contributed by atoms with Gasteiger partial charge in [0.1, 0.15) is 11.4 Å². The van der Waals surface area contributed by atoms with Gasteiger partial charge in [-0.1, -0.05) is 35.2 Å². The largest absolute Gasteiger partial charge is 0.465 e. The summed E-state index contributed by atoms with van der Waals surface area (Å²) >= 11 is 3.29. The zero-order valence-electron chi connectivity index (χ0n) is 12.5. The molecule has 5 heteroatoms. The molecule has 2 rings (SSSR count). The van der Waals surface area contributed by atoms with Gasteiger partial charge >= 0.3 is 5.97 Å². The van der Waals surface area contributed by atoms with Gasteiger partial charge in [-0.05, 0) is 30.9 Å². The molecule has 0 aromatic heterocycles. The summed E-state index contributed by atoms with van der Waals surface area (Å²) in [5.41, 5.74) is 0.596. The Balaban J connectivity index is 2.25. The normalized spacial score (nSPS) is 15.8. The summed E-state index contributed by atoms with van der Waals surface area (Å²) in [6.07, 6.45) is 6.23. The predicted molar refractivity (Wildman–Crippen MR) is 85.3 cm³/mol. The SMILES string of the molecule is COC(=O)c1c(F)cc(Br)cc1N(C)CC1CCCCC1. The third-order valence-corrected chi connectivity index (χ3v) is 4.55. The Morgan fingerprint density at radius 2 is 2.05 bits per heavy atom. The van der Waals surface area contributed by atoms with E-state index in [2.05, 4.69) is 15.9 Å². The first-order valence-corrected chi connectivity index (χ1v) is 8.10. The maximum absolute atomic E-state index is 14.1. The van der Waals surface area contributed by atoms with Crippen molar-refractivity contribution in [2.45, 2.75) is 32.1 Å². The highest BCUT2D eigenvalue weighted by molar-refractivity contribution is 9.10. The van der Waals surface area contributed by atoms with Gasteiger partial charge in [-0.25, -0.2) is 9.18 Å². The Kier molecular flexibility index (Phi) is 5.62. The van der Waals surface area contributed by atoms with Crippen LogP contribution in [-0.4, -0.2) is 26.7 Å². The minimum absolute atomic E-state index is 0.0130. The Labute approximate surface area is 133 Å². The highest BCUT2D eigenvalue weighted by atomic mass is 79.9. The number of hydrogen-bond acceptors (Lipinski definition) is 3. The van der Waals surface area contributed by atoms with E-state index in [1.54, 1.807) is 6.07 Å². The summed E-state index contributed by atoms with van der Waals surface area (Å²) < 4.78 is 19.5. The van der Waals surface area contributed by atoms with Gasteiger partial charge in [-0.3, -0.25) is 0 Å². The molecule has 0 spiro atoms. The van der Waals surface area contributed by atoms with Crippen LogP contribution in [0.4, 0.5) is 10.1 Å². The molecule has 21 heavy (non-hydrogen) atoms. The molecular weight excluding hydrogens is 337 g/mol. The molecule has 0 unspecified atom stereocenters. The number of anilines is 1. The van der Waals surface area contributed by atoms with E-state index in [4.69, 9.17) is 4.74 Å². The third-order valence-electron chi connectivity index (χ3n) is 4.09. The summed E-state index contributed by atoms with van der Waals surface area (Å²) in [6.45, 7) is 0.833. The molecule has 1 aliphatic carbocycles. The van der Waals surface area contributed by atoms with Crippen molar-refractivity contribution in [1.82, 2.24) is 0 Å². The average Bonchev–Trinajstić information content (AvgIpc) is 2.46. The Morgan fingerprint density at radius 3 is 2.67 bits per heavy atom. The van der Waals surface area contributed by atoms with Crippen molar-refractivity contribution in [1.29, 1.82) is 0 Å². The lowest BCUT2D eigenvalue weighted by Gasteiger charge is -2.29. The van der Waals surface area contributed by atoms with E-state index in [1.165, 1.54) is 45.3 Å². The van der Waals surface area contributed by atoms with Crippen LogP contribution in [0.5, 0.6) is 0 Å². The van der Waals surface area contributed by atoms with Crippen molar-refractivity contribution in [3.63, 3.8) is 0 Å². The van der Waals surface area contributed by atoms with Crippen LogP contribution in [0.15, 0.2) is 16.6 Å².